The third-order valence-electron chi connectivity index (χ3n) is 9.05. The van der Waals surface area contributed by atoms with Gasteiger partial charge in [-0.05, 0) is 89.1 Å². The first-order valence-electron chi connectivity index (χ1n) is 15.1. The van der Waals surface area contributed by atoms with Gasteiger partial charge in [0, 0.05) is 17.1 Å². The van der Waals surface area contributed by atoms with Crippen LogP contribution in [0.5, 0.6) is 0 Å². The summed E-state index contributed by atoms with van der Waals surface area (Å²) in [6.45, 7) is 0. The van der Waals surface area contributed by atoms with Gasteiger partial charge >= 0.3 is 0 Å². The molecule has 0 saturated carbocycles. The number of fused-ring (bicyclic) bond motifs is 6. The van der Waals surface area contributed by atoms with Crippen molar-refractivity contribution in [1.29, 1.82) is 0 Å². The Balaban J connectivity index is 1.33. The molecule has 0 N–H and O–H groups in total. The smallest absolute Gasteiger partial charge is 0.0715 e. The molecule has 8 aromatic carbocycles. The van der Waals surface area contributed by atoms with Crippen molar-refractivity contribution >= 4 is 54.0 Å². The summed E-state index contributed by atoms with van der Waals surface area (Å²) in [7, 11) is 0. The monoisotopic (exact) mass is 557 g/mol. The van der Waals surface area contributed by atoms with Gasteiger partial charge in [0.15, 0.2) is 0 Å². The second kappa shape index (κ2) is 9.90. The van der Waals surface area contributed by atoms with Crippen molar-refractivity contribution in [2.75, 3.05) is 0 Å². The molecule has 0 saturated heterocycles. The number of rotatable bonds is 3. The molecule has 0 atom stereocenters. The molecule has 1 aromatic heterocycles. The van der Waals surface area contributed by atoms with Crippen molar-refractivity contribution in [3.05, 3.63) is 164 Å². The zero-order valence-corrected chi connectivity index (χ0v) is 24.0. The van der Waals surface area contributed by atoms with E-state index < -0.39 is 0 Å². The Morgan fingerprint density at radius 1 is 0.318 bits per heavy atom. The summed E-state index contributed by atoms with van der Waals surface area (Å²) in [5, 5.41) is 11.1. The minimum Gasteiger partial charge on any atom is -0.256 e. The molecule has 0 fully saturated rings. The van der Waals surface area contributed by atoms with E-state index in [1.165, 1.54) is 76.3 Å². The number of nitrogens with zero attached hydrogens (tertiary/aromatic N) is 1. The van der Waals surface area contributed by atoms with Crippen LogP contribution in [-0.4, -0.2) is 4.98 Å². The summed E-state index contributed by atoms with van der Waals surface area (Å²) in [5.74, 6) is 0. The van der Waals surface area contributed by atoms with Crippen LogP contribution in [0.15, 0.2) is 164 Å². The van der Waals surface area contributed by atoms with Crippen LogP contribution in [0.4, 0.5) is 0 Å². The Labute approximate surface area is 255 Å². The molecule has 1 nitrogen and oxygen atoms in total. The topological polar surface area (TPSA) is 12.9 Å². The maximum absolute atomic E-state index is 5.15. The van der Waals surface area contributed by atoms with E-state index in [9.17, 15) is 0 Å². The Morgan fingerprint density at radius 3 is 1.55 bits per heavy atom. The van der Waals surface area contributed by atoms with Crippen LogP contribution in [0.1, 0.15) is 0 Å². The molecule has 1 heteroatoms. The predicted octanol–water partition coefficient (Wildman–Crippen LogP) is 11.8. The quantitative estimate of drug-likeness (QED) is 0.155. The van der Waals surface area contributed by atoms with Gasteiger partial charge in [0.25, 0.3) is 0 Å². The van der Waals surface area contributed by atoms with Gasteiger partial charge in [-0.2, -0.15) is 0 Å². The Hall–Kier alpha value is -5.79. The number of aromatic nitrogens is 1. The fourth-order valence-corrected chi connectivity index (χ4v) is 7.06. The second-order valence-electron chi connectivity index (χ2n) is 11.5. The number of pyridine rings is 1. The lowest BCUT2D eigenvalue weighted by molar-refractivity contribution is 1.42. The zero-order valence-electron chi connectivity index (χ0n) is 24.0. The van der Waals surface area contributed by atoms with E-state index in [1.807, 2.05) is 0 Å². The van der Waals surface area contributed by atoms with E-state index in [0.29, 0.717) is 0 Å². The molecule has 0 spiro atoms. The van der Waals surface area contributed by atoms with Crippen molar-refractivity contribution in [2.24, 2.45) is 0 Å². The van der Waals surface area contributed by atoms with Gasteiger partial charge in [0.1, 0.15) is 0 Å². The number of hydrogen-bond donors (Lipinski definition) is 0. The van der Waals surface area contributed by atoms with Crippen LogP contribution >= 0.6 is 0 Å². The third-order valence-corrected chi connectivity index (χ3v) is 9.05. The zero-order chi connectivity index (χ0) is 29.0. The molecule has 9 rings (SSSR count). The maximum Gasteiger partial charge on any atom is 0.0715 e. The van der Waals surface area contributed by atoms with E-state index in [4.69, 9.17) is 4.98 Å². The molecule has 204 valence electrons. The molecule has 0 aliphatic rings. The fourth-order valence-electron chi connectivity index (χ4n) is 7.06. The van der Waals surface area contributed by atoms with Gasteiger partial charge in [-0.1, -0.05) is 140 Å². The second-order valence-corrected chi connectivity index (χ2v) is 11.5. The summed E-state index contributed by atoms with van der Waals surface area (Å²) < 4.78 is 0. The van der Waals surface area contributed by atoms with Gasteiger partial charge in [-0.3, -0.25) is 4.98 Å². The van der Waals surface area contributed by atoms with Crippen LogP contribution in [0.25, 0.3) is 87.4 Å². The highest BCUT2D eigenvalue weighted by molar-refractivity contribution is 6.22. The fraction of sp³-hybridized carbons (Fsp3) is 0. The van der Waals surface area contributed by atoms with Gasteiger partial charge in [0.05, 0.1) is 5.52 Å². The molecular formula is C43H27N. The Morgan fingerprint density at radius 2 is 0.864 bits per heavy atom. The van der Waals surface area contributed by atoms with E-state index in [1.54, 1.807) is 0 Å². The highest BCUT2D eigenvalue weighted by atomic mass is 14.7. The first-order valence-corrected chi connectivity index (χ1v) is 15.1. The van der Waals surface area contributed by atoms with Crippen LogP contribution < -0.4 is 0 Å². The number of benzene rings is 8. The molecular weight excluding hydrogens is 530 g/mol. The molecule has 0 radical (unpaired) electrons. The van der Waals surface area contributed by atoms with Gasteiger partial charge < -0.3 is 0 Å². The highest BCUT2D eigenvalue weighted by Gasteiger charge is 2.18. The summed E-state index contributed by atoms with van der Waals surface area (Å²) in [5.41, 5.74) is 8.30. The lowest BCUT2D eigenvalue weighted by atomic mass is 9.86. The van der Waals surface area contributed by atoms with Crippen molar-refractivity contribution < 1.29 is 0 Å². The molecule has 9 aromatic rings. The standard InChI is InChI=1S/C43H27N/c1-2-13-29(14-3-1)42-35-18-8-10-20-37(35)43(38-21-11-9-19-36(38)42)32-25-40-34-17-7-6-16-33(34)39(26-41(40)44-27-32)31-23-22-28-12-4-5-15-30(28)24-31/h1-27H. The average Bonchev–Trinajstić information content (AvgIpc) is 3.10. The van der Waals surface area contributed by atoms with Crippen LogP contribution in [0.3, 0.4) is 0 Å². The summed E-state index contributed by atoms with van der Waals surface area (Å²) in [6.07, 6.45) is 2.07. The molecule has 0 unspecified atom stereocenters. The summed E-state index contributed by atoms with van der Waals surface area (Å²) >= 11 is 0. The lowest BCUT2D eigenvalue weighted by Crippen LogP contribution is -1.92. The molecule has 44 heavy (non-hydrogen) atoms. The predicted molar refractivity (Wildman–Crippen MR) is 188 cm³/mol. The maximum atomic E-state index is 5.15. The van der Waals surface area contributed by atoms with E-state index in [0.717, 1.165) is 11.1 Å². The SMILES string of the molecule is c1ccc(-c2c3ccccc3c(-c3cnc4cc(-c5ccc6ccccc6c5)c5ccccc5c4c3)c3ccccc23)cc1. The van der Waals surface area contributed by atoms with Crippen LogP contribution in [0, 0.1) is 0 Å². The van der Waals surface area contributed by atoms with E-state index >= 15 is 0 Å². The van der Waals surface area contributed by atoms with E-state index in [2.05, 4.69) is 164 Å². The van der Waals surface area contributed by atoms with Crippen LogP contribution in [-0.2, 0) is 0 Å². The lowest BCUT2D eigenvalue weighted by Gasteiger charge is -2.18. The van der Waals surface area contributed by atoms with Crippen molar-refractivity contribution in [3.8, 4) is 33.4 Å². The Kier molecular flexibility index (Phi) is 5.57. The average molecular weight is 558 g/mol. The van der Waals surface area contributed by atoms with Gasteiger partial charge in [0.2, 0.25) is 0 Å². The molecule has 0 aliphatic heterocycles. The largest absolute Gasteiger partial charge is 0.256 e. The van der Waals surface area contributed by atoms with E-state index in [-0.39, 0.29) is 0 Å². The minimum atomic E-state index is 1.00. The summed E-state index contributed by atoms with van der Waals surface area (Å²) in [6, 6.07) is 57.0. The molecule has 0 bridgehead atoms. The first kappa shape index (κ1) is 24.8. The first-order chi connectivity index (χ1) is 21.8. The summed E-state index contributed by atoms with van der Waals surface area (Å²) in [4.78, 5) is 5.15. The van der Waals surface area contributed by atoms with Gasteiger partial charge in [-0.25, -0.2) is 0 Å². The normalized spacial score (nSPS) is 11.6. The molecule has 1 heterocycles. The highest BCUT2D eigenvalue weighted by Crippen LogP contribution is 2.44. The van der Waals surface area contributed by atoms with Crippen LogP contribution in [0.2, 0.25) is 0 Å². The molecule has 0 amide bonds. The third kappa shape index (κ3) is 3.83. The molecule has 0 aliphatic carbocycles. The number of hydrogen-bond acceptors (Lipinski definition) is 1. The Bertz CT molecular complexity index is 2490. The van der Waals surface area contributed by atoms with Crippen molar-refractivity contribution in [3.63, 3.8) is 0 Å². The van der Waals surface area contributed by atoms with Crippen molar-refractivity contribution in [1.82, 2.24) is 4.98 Å². The van der Waals surface area contributed by atoms with Crippen molar-refractivity contribution in [2.45, 2.75) is 0 Å². The minimum absolute atomic E-state index is 1.00. The van der Waals surface area contributed by atoms with Gasteiger partial charge in [-0.15, -0.1) is 0 Å².